The number of carbonyl (C=O) groups is 2. The van der Waals surface area contributed by atoms with Crippen molar-refractivity contribution >= 4 is 45.6 Å². The first kappa shape index (κ1) is 23.5. The van der Waals surface area contributed by atoms with Gasteiger partial charge in [0.25, 0.3) is 17.5 Å². The lowest BCUT2D eigenvalue weighted by Crippen LogP contribution is -2.32. The van der Waals surface area contributed by atoms with Gasteiger partial charge in [0.1, 0.15) is 11.9 Å². The summed E-state index contributed by atoms with van der Waals surface area (Å²) in [7, 11) is 0. The third-order valence-electron chi connectivity index (χ3n) is 4.97. The van der Waals surface area contributed by atoms with Crippen molar-refractivity contribution in [3.8, 4) is 0 Å². The van der Waals surface area contributed by atoms with E-state index in [0.717, 1.165) is 17.8 Å². The van der Waals surface area contributed by atoms with E-state index in [2.05, 4.69) is 31.7 Å². The lowest BCUT2D eigenvalue weighted by atomic mass is 10.0. The minimum atomic E-state index is -0.922. The molecule has 3 aromatic carbocycles. The van der Waals surface area contributed by atoms with Gasteiger partial charge < -0.3 is 0 Å². The van der Waals surface area contributed by atoms with E-state index < -0.39 is 38.9 Å². The van der Waals surface area contributed by atoms with E-state index >= 15 is 0 Å². The Morgan fingerprint density at radius 2 is 1.25 bits per heavy atom. The van der Waals surface area contributed by atoms with Gasteiger partial charge in [0, 0.05) is 11.6 Å². The number of benzene rings is 3. The van der Waals surface area contributed by atoms with Crippen LogP contribution in [0, 0.1) is 20.2 Å². The van der Waals surface area contributed by atoms with Crippen LogP contribution < -0.4 is 21.7 Å². The van der Waals surface area contributed by atoms with Gasteiger partial charge in [0.15, 0.2) is 0 Å². The maximum atomic E-state index is 12.7. The predicted molar refractivity (Wildman–Crippen MR) is 128 cm³/mol. The number of nitro benzene ring substituents is 1. The molecule has 0 aliphatic heterocycles. The topological polar surface area (TPSA) is 194 Å². The smallest absolute Gasteiger partial charge is 0.276 e. The normalized spacial score (nSPS) is 10.3. The van der Waals surface area contributed by atoms with Crippen LogP contribution >= 0.6 is 0 Å². The highest BCUT2D eigenvalue weighted by molar-refractivity contribution is 6.07. The quantitative estimate of drug-likeness (QED) is 0.211. The van der Waals surface area contributed by atoms with Crippen LogP contribution in [0.5, 0.6) is 0 Å². The summed E-state index contributed by atoms with van der Waals surface area (Å²) in [5, 5.41) is 24.4. The van der Waals surface area contributed by atoms with E-state index in [0.29, 0.717) is 10.9 Å². The van der Waals surface area contributed by atoms with Crippen molar-refractivity contribution in [2.24, 2.45) is 0 Å². The van der Waals surface area contributed by atoms with Crippen molar-refractivity contribution in [2.45, 2.75) is 0 Å². The maximum absolute atomic E-state index is 12.7. The standard InChI is InChI=1S/C22H16N8O6/c31-21(15-10-5-7-13-6-1-2-8-14(13)15)27-25-19-18(30(35)36)20(24-12-23-19)26-28-22(32)16-9-3-4-11-17(16)29(33)34/h1-12H,(H,27,31)(H,28,32)(H2,23,24,25,26). The predicted octanol–water partition coefficient (Wildman–Crippen LogP) is 2.96. The molecule has 4 aromatic rings. The molecule has 0 atom stereocenters. The number of fused-ring (bicyclic) bond motifs is 1. The number of amides is 2. The summed E-state index contributed by atoms with van der Waals surface area (Å²) in [5.74, 6) is -2.29. The molecule has 1 aromatic heterocycles. The SMILES string of the molecule is O=C(NNc1ncnc(NNC(=O)c2cccc3ccccc23)c1[N+](=O)[O-])c1ccccc1[N+](=O)[O-]. The maximum Gasteiger partial charge on any atom is 0.356 e. The Bertz CT molecular complexity index is 1500. The van der Waals surface area contributed by atoms with Gasteiger partial charge in [-0.25, -0.2) is 9.97 Å². The van der Waals surface area contributed by atoms with Crippen LogP contribution in [-0.2, 0) is 0 Å². The average Bonchev–Trinajstić information content (AvgIpc) is 2.89. The van der Waals surface area contributed by atoms with Crippen molar-refractivity contribution in [3.05, 3.63) is 104 Å². The second kappa shape index (κ2) is 10.1. The van der Waals surface area contributed by atoms with Gasteiger partial charge in [-0.3, -0.25) is 51.5 Å². The number of nitrogens with one attached hydrogen (secondary N) is 4. The number of para-hydroxylation sites is 1. The van der Waals surface area contributed by atoms with E-state index in [9.17, 15) is 29.8 Å². The minimum absolute atomic E-state index is 0.271. The second-order valence-corrected chi connectivity index (χ2v) is 7.14. The Hall–Kier alpha value is -5.66. The van der Waals surface area contributed by atoms with Gasteiger partial charge in [-0.05, 0) is 22.9 Å². The zero-order chi connectivity index (χ0) is 25.7. The molecule has 2 amide bonds. The molecular weight excluding hydrogens is 472 g/mol. The highest BCUT2D eigenvalue weighted by Crippen LogP contribution is 2.28. The molecule has 0 aliphatic carbocycles. The molecule has 4 rings (SSSR count). The Balaban J connectivity index is 1.52. The third kappa shape index (κ3) is 4.81. The number of nitro groups is 2. The zero-order valence-electron chi connectivity index (χ0n) is 18.2. The first-order valence-electron chi connectivity index (χ1n) is 10.2. The zero-order valence-corrected chi connectivity index (χ0v) is 18.2. The van der Waals surface area contributed by atoms with Gasteiger partial charge >= 0.3 is 5.69 Å². The summed E-state index contributed by atoms with van der Waals surface area (Å²) < 4.78 is 0. The van der Waals surface area contributed by atoms with Crippen LogP contribution in [0.15, 0.2) is 73.1 Å². The van der Waals surface area contributed by atoms with Gasteiger partial charge in [-0.15, -0.1) is 0 Å². The van der Waals surface area contributed by atoms with Crippen LogP contribution in [0.3, 0.4) is 0 Å². The first-order valence-corrected chi connectivity index (χ1v) is 10.2. The lowest BCUT2D eigenvalue weighted by Gasteiger charge is -2.12. The molecule has 1 heterocycles. The summed E-state index contributed by atoms with van der Waals surface area (Å²) in [6.45, 7) is 0. The molecule has 4 N–H and O–H groups in total. The van der Waals surface area contributed by atoms with E-state index in [-0.39, 0.29) is 11.4 Å². The van der Waals surface area contributed by atoms with E-state index in [4.69, 9.17) is 0 Å². The highest BCUT2D eigenvalue weighted by Gasteiger charge is 2.25. The Kier molecular flexibility index (Phi) is 6.58. The van der Waals surface area contributed by atoms with Gasteiger partial charge in [-0.2, -0.15) is 0 Å². The fourth-order valence-corrected chi connectivity index (χ4v) is 3.35. The molecule has 0 aliphatic rings. The lowest BCUT2D eigenvalue weighted by molar-refractivity contribution is -0.385. The highest BCUT2D eigenvalue weighted by atomic mass is 16.6. The number of hydrogen-bond acceptors (Lipinski definition) is 10. The Morgan fingerprint density at radius 3 is 1.92 bits per heavy atom. The summed E-state index contributed by atoms with van der Waals surface area (Å²) >= 11 is 0. The largest absolute Gasteiger partial charge is 0.356 e. The van der Waals surface area contributed by atoms with Gasteiger partial charge in [0.2, 0.25) is 11.6 Å². The molecule has 0 bridgehead atoms. The monoisotopic (exact) mass is 488 g/mol. The van der Waals surface area contributed by atoms with Crippen LogP contribution in [0.4, 0.5) is 23.0 Å². The molecule has 0 saturated heterocycles. The number of nitrogens with zero attached hydrogens (tertiary/aromatic N) is 4. The summed E-state index contributed by atoms with van der Waals surface area (Å²) in [6.07, 6.45) is 0.957. The molecule has 0 saturated carbocycles. The number of hydrogen-bond donors (Lipinski definition) is 4. The summed E-state index contributed by atoms with van der Waals surface area (Å²) in [5.41, 5.74) is 8.10. The minimum Gasteiger partial charge on any atom is -0.276 e. The average molecular weight is 488 g/mol. The number of hydrazine groups is 2. The molecule has 14 nitrogen and oxygen atoms in total. The van der Waals surface area contributed by atoms with Crippen LogP contribution in [0.1, 0.15) is 20.7 Å². The van der Waals surface area contributed by atoms with Crippen molar-refractivity contribution in [1.29, 1.82) is 0 Å². The number of anilines is 2. The van der Waals surface area contributed by atoms with E-state index in [1.54, 1.807) is 24.3 Å². The fourth-order valence-electron chi connectivity index (χ4n) is 3.35. The molecule has 36 heavy (non-hydrogen) atoms. The van der Waals surface area contributed by atoms with Crippen molar-refractivity contribution in [1.82, 2.24) is 20.8 Å². The van der Waals surface area contributed by atoms with Gasteiger partial charge in [0.05, 0.1) is 9.85 Å². The molecule has 0 spiro atoms. The van der Waals surface area contributed by atoms with Crippen LogP contribution in [0.2, 0.25) is 0 Å². The molecule has 0 unspecified atom stereocenters. The summed E-state index contributed by atoms with van der Waals surface area (Å²) in [4.78, 5) is 54.0. The van der Waals surface area contributed by atoms with Gasteiger partial charge in [-0.1, -0.05) is 48.5 Å². The molecule has 14 heteroatoms. The van der Waals surface area contributed by atoms with Crippen LogP contribution in [0.25, 0.3) is 10.8 Å². The molecular formula is C22H16N8O6. The Morgan fingerprint density at radius 1 is 0.694 bits per heavy atom. The third-order valence-corrected chi connectivity index (χ3v) is 4.97. The number of rotatable bonds is 8. The first-order chi connectivity index (χ1) is 17.4. The van der Waals surface area contributed by atoms with E-state index in [1.165, 1.54) is 18.2 Å². The number of aromatic nitrogens is 2. The molecule has 180 valence electrons. The molecule has 0 fully saturated rings. The van der Waals surface area contributed by atoms with E-state index in [1.807, 2.05) is 18.2 Å². The van der Waals surface area contributed by atoms with Crippen molar-refractivity contribution in [2.75, 3.05) is 10.9 Å². The van der Waals surface area contributed by atoms with Crippen LogP contribution in [-0.4, -0.2) is 31.6 Å². The van der Waals surface area contributed by atoms with Crippen molar-refractivity contribution in [3.63, 3.8) is 0 Å². The van der Waals surface area contributed by atoms with Crippen molar-refractivity contribution < 1.29 is 19.4 Å². The second-order valence-electron chi connectivity index (χ2n) is 7.14. The molecule has 0 radical (unpaired) electrons. The Labute approximate surface area is 201 Å². The fraction of sp³-hybridized carbons (Fsp3) is 0. The number of carbonyl (C=O) groups excluding carboxylic acids is 2. The summed E-state index contributed by atoms with van der Waals surface area (Å²) in [6, 6.07) is 17.5.